The van der Waals surface area contributed by atoms with Crippen molar-refractivity contribution in [3.63, 3.8) is 0 Å². The Balaban J connectivity index is 1.89. The molecule has 2 rings (SSSR count). The summed E-state index contributed by atoms with van der Waals surface area (Å²) in [5.41, 5.74) is 2.35. The minimum atomic E-state index is -1.28. The van der Waals surface area contributed by atoms with E-state index in [-0.39, 0.29) is 11.3 Å². The first-order valence-electron chi connectivity index (χ1n) is 9.83. The molecule has 1 aliphatic rings. The number of carbonyl (C=O) groups excluding carboxylic acids is 1. The van der Waals surface area contributed by atoms with E-state index in [0.29, 0.717) is 26.1 Å². The number of rotatable bonds is 7. The molecule has 148 valence electrons. The summed E-state index contributed by atoms with van der Waals surface area (Å²) in [5.74, 6) is -0.134. The van der Waals surface area contributed by atoms with Crippen LogP contribution < -0.4 is 5.32 Å². The Labute approximate surface area is 158 Å². The monoisotopic (exact) mass is 364 g/mol. The van der Waals surface area contributed by atoms with Crippen molar-refractivity contribution in [2.75, 3.05) is 26.2 Å². The number of aryl methyl sites for hydroxylation is 1. The molecule has 0 aromatic carbocycles. The SMILES string of the molecule is CCc1c(C)nn(CCNCC2(O)CCCN(CC(C)(C)C)C2=O)c1C. The van der Waals surface area contributed by atoms with Gasteiger partial charge in [0.05, 0.1) is 12.2 Å². The highest BCUT2D eigenvalue weighted by atomic mass is 16.3. The summed E-state index contributed by atoms with van der Waals surface area (Å²) in [4.78, 5) is 14.6. The van der Waals surface area contributed by atoms with Crippen LogP contribution in [0.25, 0.3) is 0 Å². The Bertz CT molecular complexity index is 632. The number of aliphatic hydroxyl groups is 1. The Hall–Kier alpha value is -1.40. The molecular formula is C20H36N4O2. The average Bonchev–Trinajstić information content (AvgIpc) is 2.81. The molecule has 6 nitrogen and oxygen atoms in total. The quantitative estimate of drug-likeness (QED) is 0.727. The first-order valence-corrected chi connectivity index (χ1v) is 9.83. The van der Waals surface area contributed by atoms with E-state index in [1.54, 1.807) is 0 Å². The van der Waals surface area contributed by atoms with E-state index < -0.39 is 5.60 Å². The molecule has 1 amide bonds. The molecule has 1 aromatic heterocycles. The highest BCUT2D eigenvalue weighted by Gasteiger charge is 2.42. The molecule has 0 radical (unpaired) electrons. The summed E-state index contributed by atoms with van der Waals surface area (Å²) >= 11 is 0. The molecule has 1 fully saturated rings. The smallest absolute Gasteiger partial charge is 0.255 e. The molecule has 0 bridgehead atoms. The lowest BCUT2D eigenvalue weighted by Crippen LogP contribution is -2.59. The normalized spacial score (nSPS) is 21.5. The number of carbonyl (C=O) groups is 1. The average molecular weight is 365 g/mol. The Morgan fingerprint density at radius 3 is 2.58 bits per heavy atom. The lowest BCUT2D eigenvalue weighted by atomic mass is 9.88. The summed E-state index contributed by atoms with van der Waals surface area (Å²) in [7, 11) is 0. The van der Waals surface area contributed by atoms with Gasteiger partial charge in [-0.3, -0.25) is 9.48 Å². The van der Waals surface area contributed by atoms with E-state index in [1.807, 2.05) is 16.5 Å². The minimum absolute atomic E-state index is 0.0355. The summed E-state index contributed by atoms with van der Waals surface area (Å²) < 4.78 is 2.01. The van der Waals surface area contributed by atoms with Crippen LogP contribution in [0.2, 0.25) is 0 Å². The van der Waals surface area contributed by atoms with Gasteiger partial charge in [0.25, 0.3) is 5.91 Å². The zero-order chi connectivity index (χ0) is 19.5. The molecule has 1 atom stereocenters. The number of amides is 1. The molecule has 26 heavy (non-hydrogen) atoms. The Morgan fingerprint density at radius 1 is 1.31 bits per heavy atom. The van der Waals surface area contributed by atoms with E-state index in [1.165, 1.54) is 11.3 Å². The zero-order valence-corrected chi connectivity index (χ0v) is 17.4. The van der Waals surface area contributed by atoms with Crippen molar-refractivity contribution in [3.8, 4) is 0 Å². The van der Waals surface area contributed by atoms with Gasteiger partial charge in [-0.2, -0.15) is 5.10 Å². The second-order valence-electron chi connectivity index (χ2n) is 8.83. The topological polar surface area (TPSA) is 70.4 Å². The maximum absolute atomic E-state index is 12.7. The molecule has 0 aliphatic carbocycles. The Kier molecular flexibility index (Phi) is 6.51. The van der Waals surface area contributed by atoms with E-state index in [4.69, 9.17) is 0 Å². The molecule has 1 unspecified atom stereocenters. The molecule has 1 aromatic rings. The molecule has 1 saturated heterocycles. The fourth-order valence-corrected chi connectivity index (χ4v) is 3.90. The van der Waals surface area contributed by atoms with Gasteiger partial charge >= 0.3 is 0 Å². The van der Waals surface area contributed by atoms with Crippen LogP contribution in [0.3, 0.4) is 0 Å². The van der Waals surface area contributed by atoms with Crippen LogP contribution in [0.15, 0.2) is 0 Å². The first kappa shape index (κ1) is 20.9. The third kappa shape index (κ3) is 4.86. The molecule has 1 aliphatic heterocycles. The van der Waals surface area contributed by atoms with Crippen LogP contribution in [0, 0.1) is 19.3 Å². The van der Waals surface area contributed by atoms with Crippen LogP contribution in [0.1, 0.15) is 57.5 Å². The highest BCUT2D eigenvalue weighted by molar-refractivity contribution is 5.86. The third-order valence-corrected chi connectivity index (χ3v) is 5.17. The van der Waals surface area contributed by atoms with Crippen molar-refractivity contribution < 1.29 is 9.90 Å². The van der Waals surface area contributed by atoms with Crippen LogP contribution in [-0.2, 0) is 17.8 Å². The molecule has 2 heterocycles. The number of hydrogen-bond donors (Lipinski definition) is 2. The molecule has 0 spiro atoms. The maximum atomic E-state index is 12.7. The lowest BCUT2D eigenvalue weighted by Gasteiger charge is -2.41. The van der Waals surface area contributed by atoms with Gasteiger partial charge in [0.15, 0.2) is 5.60 Å². The van der Waals surface area contributed by atoms with E-state index in [0.717, 1.165) is 31.6 Å². The van der Waals surface area contributed by atoms with Gasteiger partial charge in [0.2, 0.25) is 0 Å². The zero-order valence-electron chi connectivity index (χ0n) is 17.4. The summed E-state index contributed by atoms with van der Waals surface area (Å²) in [6.07, 6.45) is 2.36. The number of nitrogens with one attached hydrogen (secondary N) is 1. The minimum Gasteiger partial charge on any atom is -0.379 e. The summed E-state index contributed by atoms with van der Waals surface area (Å²) in [6, 6.07) is 0. The molecule has 2 N–H and O–H groups in total. The second kappa shape index (κ2) is 8.09. The van der Waals surface area contributed by atoms with Crippen LogP contribution in [0.5, 0.6) is 0 Å². The van der Waals surface area contributed by atoms with E-state index >= 15 is 0 Å². The van der Waals surface area contributed by atoms with Crippen molar-refractivity contribution in [3.05, 3.63) is 17.0 Å². The second-order valence-corrected chi connectivity index (χ2v) is 8.83. The van der Waals surface area contributed by atoms with Crippen molar-refractivity contribution >= 4 is 5.91 Å². The number of likely N-dealkylation sites (tertiary alicyclic amines) is 1. The van der Waals surface area contributed by atoms with Gasteiger partial charge in [-0.15, -0.1) is 0 Å². The first-order chi connectivity index (χ1) is 12.1. The van der Waals surface area contributed by atoms with Gasteiger partial charge < -0.3 is 15.3 Å². The van der Waals surface area contributed by atoms with Gasteiger partial charge in [-0.05, 0) is 44.1 Å². The van der Waals surface area contributed by atoms with Gasteiger partial charge in [0.1, 0.15) is 0 Å². The number of piperidine rings is 1. The number of nitrogens with zero attached hydrogens (tertiary/aromatic N) is 3. The number of hydrogen-bond acceptors (Lipinski definition) is 4. The van der Waals surface area contributed by atoms with E-state index in [9.17, 15) is 9.90 Å². The third-order valence-electron chi connectivity index (χ3n) is 5.17. The molecule has 6 heteroatoms. The van der Waals surface area contributed by atoms with Gasteiger partial charge in [0, 0.05) is 31.9 Å². The van der Waals surface area contributed by atoms with Crippen LogP contribution >= 0.6 is 0 Å². The van der Waals surface area contributed by atoms with Crippen molar-refractivity contribution in [1.82, 2.24) is 20.0 Å². The van der Waals surface area contributed by atoms with Crippen LogP contribution in [-0.4, -0.2) is 57.5 Å². The summed E-state index contributed by atoms with van der Waals surface area (Å²) in [5, 5.41) is 18.7. The van der Waals surface area contributed by atoms with E-state index in [2.05, 4.69) is 45.0 Å². The summed E-state index contributed by atoms with van der Waals surface area (Å²) in [6.45, 7) is 15.8. The standard InChI is InChI=1S/C20H36N4O2/c1-7-17-15(2)22-24(16(17)3)12-10-21-13-20(26)9-8-11-23(18(20)25)14-19(4,5)6/h21,26H,7-14H2,1-6H3. The van der Waals surface area contributed by atoms with Crippen molar-refractivity contribution in [2.24, 2.45) is 5.41 Å². The highest BCUT2D eigenvalue weighted by Crippen LogP contribution is 2.25. The molecular weight excluding hydrogens is 328 g/mol. The predicted molar refractivity (Wildman–Crippen MR) is 104 cm³/mol. The van der Waals surface area contributed by atoms with Gasteiger partial charge in [-0.25, -0.2) is 0 Å². The van der Waals surface area contributed by atoms with Crippen LogP contribution in [0.4, 0.5) is 0 Å². The van der Waals surface area contributed by atoms with Crippen molar-refractivity contribution in [1.29, 1.82) is 0 Å². The lowest BCUT2D eigenvalue weighted by molar-refractivity contribution is -0.158. The Morgan fingerprint density at radius 2 is 2.00 bits per heavy atom. The molecule has 0 saturated carbocycles. The largest absolute Gasteiger partial charge is 0.379 e. The fourth-order valence-electron chi connectivity index (χ4n) is 3.90. The van der Waals surface area contributed by atoms with Gasteiger partial charge in [-0.1, -0.05) is 27.7 Å². The predicted octanol–water partition coefficient (Wildman–Crippen LogP) is 2.05. The van der Waals surface area contributed by atoms with Crippen molar-refractivity contribution in [2.45, 2.75) is 73.0 Å². The fraction of sp³-hybridized carbons (Fsp3) is 0.800. The number of aromatic nitrogens is 2. The maximum Gasteiger partial charge on any atom is 0.255 e.